The van der Waals surface area contributed by atoms with Gasteiger partial charge in [0.15, 0.2) is 0 Å². The van der Waals surface area contributed by atoms with Gasteiger partial charge < -0.3 is 9.15 Å². The molecular weight excluding hydrogens is 482 g/mol. The van der Waals surface area contributed by atoms with Gasteiger partial charge in [-0.05, 0) is 36.8 Å². The zero-order valence-corrected chi connectivity index (χ0v) is 19.8. The molecule has 0 bridgehead atoms. The number of nitrogens with zero attached hydrogens (tertiary/aromatic N) is 4. The van der Waals surface area contributed by atoms with Gasteiger partial charge in [0, 0.05) is 12.5 Å². The van der Waals surface area contributed by atoms with Gasteiger partial charge in [0.25, 0.3) is 11.6 Å². The number of hydrogen-bond acceptors (Lipinski definition) is 9. The van der Waals surface area contributed by atoms with Gasteiger partial charge in [0.1, 0.15) is 33.9 Å². The zero-order valence-electron chi connectivity index (χ0n) is 19.0. The van der Waals surface area contributed by atoms with Crippen molar-refractivity contribution in [2.75, 3.05) is 11.9 Å². The minimum absolute atomic E-state index is 0.182. The van der Waals surface area contributed by atoms with Crippen LogP contribution in [0.5, 0.6) is 5.75 Å². The fourth-order valence-corrected chi connectivity index (χ4v) is 4.07. The number of nitro groups is 1. The number of nitriles is 1. The van der Waals surface area contributed by atoms with Gasteiger partial charge in [-0.25, -0.2) is 0 Å². The molecule has 0 fully saturated rings. The number of aromatic nitrogens is 2. The molecule has 11 heteroatoms. The Labute approximate surface area is 209 Å². The van der Waals surface area contributed by atoms with Crippen LogP contribution in [-0.2, 0) is 11.2 Å². The van der Waals surface area contributed by atoms with Crippen LogP contribution in [0.2, 0.25) is 0 Å². The number of anilines is 1. The van der Waals surface area contributed by atoms with Crippen LogP contribution in [0, 0.1) is 21.4 Å². The number of carbonyl (C=O) groups is 1. The fraction of sp³-hybridized carbons (Fsp3) is 0.120. The topological polar surface area (TPSA) is 144 Å². The smallest absolute Gasteiger partial charge is 0.284 e. The van der Waals surface area contributed by atoms with Gasteiger partial charge in [-0.15, -0.1) is 10.2 Å². The van der Waals surface area contributed by atoms with E-state index in [1.807, 2.05) is 36.4 Å². The zero-order chi connectivity index (χ0) is 25.5. The number of carbonyl (C=O) groups excluding carboxylic acids is 1. The summed E-state index contributed by atoms with van der Waals surface area (Å²) in [5.41, 5.74) is 0.889. The molecule has 1 amide bonds. The van der Waals surface area contributed by atoms with E-state index in [0.29, 0.717) is 23.8 Å². The van der Waals surface area contributed by atoms with E-state index in [9.17, 15) is 20.2 Å². The summed E-state index contributed by atoms with van der Waals surface area (Å²) in [6.45, 7) is 2.15. The highest BCUT2D eigenvalue weighted by atomic mass is 32.1. The van der Waals surface area contributed by atoms with Crippen LogP contribution in [0.1, 0.15) is 23.3 Å². The van der Waals surface area contributed by atoms with Gasteiger partial charge in [-0.1, -0.05) is 41.7 Å². The first-order chi connectivity index (χ1) is 17.5. The third kappa shape index (κ3) is 5.81. The number of rotatable bonds is 9. The van der Waals surface area contributed by atoms with Crippen molar-refractivity contribution in [2.24, 2.45) is 0 Å². The van der Waals surface area contributed by atoms with E-state index in [1.165, 1.54) is 41.7 Å². The summed E-state index contributed by atoms with van der Waals surface area (Å²) in [6.07, 6.45) is 1.83. The lowest BCUT2D eigenvalue weighted by molar-refractivity contribution is -0.384. The van der Waals surface area contributed by atoms with Crippen molar-refractivity contribution in [3.63, 3.8) is 0 Å². The Morgan fingerprint density at radius 1 is 1.22 bits per heavy atom. The summed E-state index contributed by atoms with van der Waals surface area (Å²) in [5, 5.41) is 32.6. The van der Waals surface area contributed by atoms with Crippen molar-refractivity contribution < 1.29 is 18.9 Å². The van der Waals surface area contributed by atoms with E-state index >= 15 is 0 Å². The first kappa shape index (κ1) is 24.3. The number of amides is 1. The van der Waals surface area contributed by atoms with Crippen molar-refractivity contribution >= 4 is 34.1 Å². The molecule has 0 saturated carbocycles. The predicted octanol–water partition coefficient (Wildman–Crippen LogP) is 5.24. The van der Waals surface area contributed by atoms with Crippen molar-refractivity contribution in [1.29, 1.82) is 5.26 Å². The lowest BCUT2D eigenvalue weighted by Gasteiger charge is -2.05. The molecule has 4 rings (SSSR count). The van der Waals surface area contributed by atoms with E-state index < -0.39 is 10.8 Å². The minimum atomic E-state index is -0.676. The standard InChI is InChI=1S/C25H19N5O5S/c1-2-34-18-8-10-20(21(14-18)30(32)33)22-11-9-19(35-22)13-17(15-26)24(31)27-25-29-28-23(36-25)12-16-6-4-3-5-7-16/h3-11,13-14H,2,12H2,1H3,(H,27,29,31). The van der Waals surface area contributed by atoms with E-state index in [2.05, 4.69) is 15.5 Å². The maximum atomic E-state index is 12.6. The van der Waals surface area contributed by atoms with Crippen LogP contribution < -0.4 is 10.1 Å². The van der Waals surface area contributed by atoms with Crippen LogP contribution >= 0.6 is 11.3 Å². The molecule has 2 heterocycles. The number of ether oxygens (including phenoxy) is 1. The summed E-state index contributed by atoms with van der Waals surface area (Å²) in [6, 6.07) is 19.0. The summed E-state index contributed by atoms with van der Waals surface area (Å²) in [4.78, 5) is 23.6. The molecule has 0 aliphatic carbocycles. The molecule has 0 unspecified atom stereocenters. The van der Waals surface area contributed by atoms with Crippen molar-refractivity contribution in [3.8, 4) is 23.1 Å². The normalized spacial score (nSPS) is 11.1. The number of nitrogens with one attached hydrogen (secondary N) is 1. The first-order valence-corrected chi connectivity index (χ1v) is 11.6. The van der Waals surface area contributed by atoms with E-state index in [0.717, 1.165) is 5.56 Å². The largest absolute Gasteiger partial charge is 0.494 e. The van der Waals surface area contributed by atoms with Crippen LogP contribution in [-0.4, -0.2) is 27.6 Å². The Kier molecular flexibility index (Phi) is 7.48. The second-order valence-electron chi connectivity index (χ2n) is 7.36. The molecule has 0 aliphatic rings. The fourth-order valence-electron chi connectivity index (χ4n) is 3.30. The molecule has 2 aromatic heterocycles. The van der Waals surface area contributed by atoms with Crippen LogP contribution in [0.25, 0.3) is 17.4 Å². The number of nitro benzene ring substituents is 1. The lowest BCUT2D eigenvalue weighted by atomic mass is 10.1. The van der Waals surface area contributed by atoms with Gasteiger partial charge >= 0.3 is 0 Å². The Hall–Kier alpha value is -4.82. The predicted molar refractivity (Wildman–Crippen MR) is 133 cm³/mol. The monoisotopic (exact) mass is 501 g/mol. The highest BCUT2D eigenvalue weighted by Crippen LogP contribution is 2.34. The summed E-state index contributed by atoms with van der Waals surface area (Å²) in [5.74, 6) is 0.0851. The third-order valence-electron chi connectivity index (χ3n) is 4.91. The number of benzene rings is 2. The highest BCUT2D eigenvalue weighted by Gasteiger charge is 2.20. The Bertz CT molecular complexity index is 1470. The average molecular weight is 502 g/mol. The van der Waals surface area contributed by atoms with Crippen molar-refractivity contribution in [2.45, 2.75) is 13.3 Å². The molecule has 36 heavy (non-hydrogen) atoms. The molecule has 10 nitrogen and oxygen atoms in total. The van der Waals surface area contributed by atoms with Crippen LogP contribution in [0.3, 0.4) is 0 Å². The van der Waals surface area contributed by atoms with E-state index in [-0.39, 0.29) is 33.5 Å². The van der Waals surface area contributed by atoms with Crippen molar-refractivity contribution in [3.05, 3.63) is 92.7 Å². The average Bonchev–Trinajstić information content (AvgIpc) is 3.52. The maximum Gasteiger partial charge on any atom is 0.284 e. The lowest BCUT2D eigenvalue weighted by Crippen LogP contribution is -2.13. The first-order valence-electron chi connectivity index (χ1n) is 10.8. The highest BCUT2D eigenvalue weighted by molar-refractivity contribution is 7.15. The summed E-state index contributed by atoms with van der Waals surface area (Å²) < 4.78 is 11.0. The van der Waals surface area contributed by atoms with Gasteiger partial charge in [0.2, 0.25) is 5.13 Å². The quantitative estimate of drug-likeness (QED) is 0.142. The molecule has 1 N–H and O–H groups in total. The maximum absolute atomic E-state index is 12.6. The molecule has 0 atom stereocenters. The summed E-state index contributed by atoms with van der Waals surface area (Å²) in [7, 11) is 0. The summed E-state index contributed by atoms with van der Waals surface area (Å²) >= 11 is 1.21. The molecule has 0 radical (unpaired) electrons. The van der Waals surface area contributed by atoms with Crippen LogP contribution in [0.15, 0.2) is 70.7 Å². The number of furan rings is 1. The van der Waals surface area contributed by atoms with E-state index in [1.54, 1.807) is 13.0 Å². The number of hydrogen-bond donors (Lipinski definition) is 1. The molecule has 2 aromatic carbocycles. The third-order valence-corrected chi connectivity index (χ3v) is 5.74. The van der Waals surface area contributed by atoms with Gasteiger partial charge in [0.05, 0.1) is 23.2 Å². The van der Waals surface area contributed by atoms with E-state index in [4.69, 9.17) is 9.15 Å². The Morgan fingerprint density at radius 2 is 2.03 bits per heavy atom. The Morgan fingerprint density at radius 3 is 2.75 bits per heavy atom. The second-order valence-corrected chi connectivity index (χ2v) is 8.42. The molecule has 0 aliphatic heterocycles. The van der Waals surface area contributed by atoms with Gasteiger partial charge in [-0.2, -0.15) is 5.26 Å². The Balaban J connectivity index is 1.49. The van der Waals surface area contributed by atoms with Gasteiger partial charge in [-0.3, -0.25) is 20.2 Å². The SMILES string of the molecule is CCOc1ccc(-c2ccc(C=C(C#N)C(=O)Nc3nnc(Cc4ccccc4)s3)o2)c([N+](=O)[O-])c1. The molecule has 0 saturated heterocycles. The second kappa shape index (κ2) is 11.1. The minimum Gasteiger partial charge on any atom is -0.494 e. The molecule has 4 aromatic rings. The molecular formula is C25H19N5O5S. The molecule has 0 spiro atoms. The van der Waals surface area contributed by atoms with Crippen molar-refractivity contribution in [1.82, 2.24) is 10.2 Å². The molecule has 180 valence electrons. The van der Waals surface area contributed by atoms with Crippen LogP contribution in [0.4, 0.5) is 10.8 Å².